The molecule has 20 heavy (non-hydrogen) atoms. The van der Waals surface area contributed by atoms with E-state index in [-0.39, 0.29) is 0 Å². The van der Waals surface area contributed by atoms with Crippen molar-refractivity contribution in [1.29, 1.82) is 0 Å². The first-order chi connectivity index (χ1) is 9.65. The van der Waals surface area contributed by atoms with Gasteiger partial charge in [0.15, 0.2) is 11.5 Å². The van der Waals surface area contributed by atoms with Crippen molar-refractivity contribution in [2.24, 2.45) is 0 Å². The van der Waals surface area contributed by atoms with Gasteiger partial charge in [0.1, 0.15) is 0 Å². The Kier molecular flexibility index (Phi) is 7.40. The van der Waals surface area contributed by atoms with Gasteiger partial charge in [-0.05, 0) is 17.7 Å². The second-order valence-electron chi connectivity index (χ2n) is 4.14. The van der Waals surface area contributed by atoms with E-state index in [4.69, 9.17) is 14.2 Å². The molecule has 0 bridgehead atoms. The fourth-order valence-corrected chi connectivity index (χ4v) is 2.46. The van der Waals surface area contributed by atoms with E-state index in [0.29, 0.717) is 35.3 Å². The molecule has 0 aliphatic rings. The first-order valence-corrected chi connectivity index (χ1v) is 7.99. The summed E-state index contributed by atoms with van der Waals surface area (Å²) < 4.78 is 27.2. The Morgan fingerprint density at radius 3 is 2.15 bits per heavy atom. The molecule has 1 atom stereocenters. The van der Waals surface area contributed by atoms with Gasteiger partial charge in [0.2, 0.25) is 5.75 Å². The quantitative estimate of drug-likeness (QED) is 0.702. The van der Waals surface area contributed by atoms with Gasteiger partial charge in [0, 0.05) is 35.4 Å². The van der Waals surface area contributed by atoms with E-state index in [1.807, 2.05) is 19.1 Å². The first kappa shape index (κ1) is 16.8. The molecular weight excluding hydrogens is 278 g/mol. The van der Waals surface area contributed by atoms with Crippen molar-refractivity contribution in [2.75, 3.05) is 39.4 Å². The zero-order valence-electron chi connectivity index (χ0n) is 12.5. The third-order valence-electron chi connectivity index (χ3n) is 2.88. The van der Waals surface area contributed by atoms with Crippen molar-refractivity contribution in [3.8, 4) is 17.2 Å². The number of hydrogen-bond donors (Lipinski definition) is 1. The van der Waals surface area contributed by atoms with Crippen LogP contribution in [-0.4, -0.2) is 43.6 Å². The SMILES string of the molecule is CCS(=O)CCNCc1cc(OC)c(OC)c(OC)c1. The average Bonchev–Trinajstić information content (AvgIpc) is 2.49. The standard InChI is InChI=1S/C14H23NO4S/c1-5-20(16)7-6-15-10-11-8-12(17-2)14(19-4)13(9-11)18-3/h8-9,15H,5-7,10H2,1-4H3. The Bertz CT molecular complexity index is 426. The highest BCUT2D eigenvalue weighted by atomic mass is 32.2. The Morgan fingerprint density at radius 1 is 1.10 bits per heavy atom. The summed E-state index contributed by atoms with van der Waals surface area (Å²) >= 11 is 0. The minimum absolute atomic E-state index is 0.589. The summed E-state index contributed by atoms with van der Waals surface area (Å²) in [5.41, 5.74) is 1.03. The lowest BCUT2D eigenvalue weighted by Crippen LogP contribution is -2.20. The second-order valence-corrected chi connectivity index (χ2v) is 6.01. The minimum atomic E-state index is -0.734. The molecule has 1 aromatic carbocycles. The lowest BCUT2D eigenvalue weighted by Gasteiger charge is -2.14. The van der Waals surface area contributed by atoms with Gasteiger partial charge in [-0.2, -0.15) is 0 Å². The number of methoxy groups -OCH3 is 3. The molecule has 1 N–H and O–H groups in total. The van der Waals surface area contributed by atoms with E-state index in [1.165, 1.54) is 0 Å². The van der Waals surface area contributed by atoms with Crippen LogP contribution in [0, 0.1) is 0 Å². The average molecular weight is 301 g/mol. The fourth-order valence-electron chi connectivity index (χ4n) is 1.80. The van der Waals surface area contributed by atoms with Gasteiger partial charge in [0.05, 0.1) is 21.3 Å². The summed E-state index contributed by atoms with van der Waals surface area (Å²) in [5, 5.41) is 3.26. The molecule has 0 radical (unpaired) electrons. The predicted octanol–water partition coefficient (Wildman–Crippen LogP) is 1.57. The molecule has 0 saturated carbocycles. The Hall–Kier alpha value is -1.27. The van der Waals surface area contributed by atoms with Crippen molar-refractivity contribution >= 4 is 10.8 Å². The van der Waals surface area contributed by atoms with Crippen LogP contribution in [0.5, 0.6) is 17.2 Å². The van der Waals surface area contributed by atoms with Crippen molar-refractivity contribution in [1.82, 2.24) is 5.32 Å². The van der Waals surface area contributed by atoms with Crippen LogP contribution in [0.3, 0.4) is 0 Å². The number of ether oxygens (including phenoxy) is 3. The maximum atomic E-state index is 11.3. The lowest BCUT2D eigenvalue weighted by atomic mass is 10.2. The molecular formula is C14H23NO4S. The smallest absolute Gasteiger partial charge is 0.203 e. The first-order valence-electron chi connectivity index (χ1n) is 6.50. The van der Waals surface area contributed by atoms with Crippen LogP contribution in [-0.2, 0) is 17.3 Å². The number of hydrogen-bond acceptors (Lipinski definition) is 5. The largest absolute Gasteiger partial charge is 0.493 e. The van der Waals surface area contributed by atoms with Gasteiger partial charge in [-0.3, -0.25) is 4.21 Å². The van der Waals surface area contributed by atoms with E-state index < -0.39 is 10.8 Å². The number of rotatable bonds is 9. The predicted molar refractivity (Wildman–Crippen MR) is 81.4 cm³/mol. The zero-order valence-corrected chi connectivity index (χ0v) is 13.3. The molecule has 0 aliphatic carbocycles. The summed E-state index contributed by atoms with van der Waals surface area (Å²) in [6.07, 6.45) is 0. The van der Waals surface area contributed by atoms with Crippen LogP contribution < -0.4 is 19.5 Å². The Balaban J connectivity index is 2.68. The van der Waals surface area contributed by atoms with Crippen molar-refractivity contribution in [2.45, 2.75) is 13.5 Å². The highest BCUT2D eigenvalue weighted by Crippen LogP contribution is 2.38. The van der Waals surface area contributed by atoms with Crippen LogP contribution >= 0.6 is 0 Å². The molecule has 6 heteroatoms. The molecule has 0 aliphatic heterocycles. The molecule has 0 aromatic heterocycles. The molecule has 0 heterocycles. The van der Waals surface area contributed by atoms with Crippen molar-refractivity contribution in [3.63, 3.8) is 0 Å². The van der Waals surface area contributed by atoms with Gasteiger partial charge in [-0.15, -0.1) is 0 Å². The monoisotopic (exact) mass is 301 g/mol. The van der Waals surface area contributed by atoms with Crippen LogP contribution in [0.4, 0.5) is 0 Å². The van der Waals surface area contributed by atoms with Gasteiger partial charge in [-0.1, -0.05) is 6.92 Å². The zero-order chi connectivity index (χ0) is 15.0. The van der Waals surface area contributed by atoms with E-state index in [0.717, 1.165) is 12.1 Å². The molecule has 114 valence electrons. The normalized spacial score (nSPS) is 12.0. The van der Waals surface area contributed by atoms with Gasteiger partial charge in [-0.25, -0.2) is 0 Å². The summed E-state index contributed by atoms with van der Waals surface area (Å²) in [6.45, 7) is 3.31. The van der Waals surface area contributed by atoms with Crippen LogP contribution in [0.15, 0.2) is 12.1 Å². The van der Waals surface area contributed by atoms with Gasteiger partial charge >= 0.3 is 0 Å². The Morgan fingerprint density at radius 2 is 1.70 bits per heavy atom. The molecule has 1 unspecified atom stereocenters. The van der Waals surface area contributed by atoms with Gasteiger partial charge < -0.3 is 19.5 Å². The highest BCUT2D eigenvalue weighted by Gasteiger charge is 2.12. The minimum Gasteiger partial charge on any atom is -0.493 e. The fraction of sp³-hybridized carbons (Fsp3) is 0.571. The second kappa shape index (κ2) is 8.81. The van der Waals surface area contributed by atoms with E-state index in [1.54, 1.807) is 21.3 Å². The topological polar surface area (TPSA) is 56.8 Å². The van der Waals surface area contributed by atoms with Crippen LogP contribution in [0.2, 0.25) is 0 Å². The maximum Gasteiger partial charge on any atom is 0.203 e. The van der Waals surface area contributed by atoms with E-state index in [9.17, 15) is 4.21 Å². The van der Waals surface area contributed by atoms with E-state index >= 15 is 0 Å². The third-order valence-corrected chi connectivity index (χ3v) is 4.19. The molecule has 5 nitrogen and oxygen atoms in total. The van der Waals surface area contributed by atoms with Crippen molar-refractivity contribution < 1.29 is 18.4 Å². The van der Waals surface area contributed by atoms with Crippen LogP contribution in [0.1, 0.15) is 12.5 Å². The van der Waals surface area contributed by atoms with E-state index in [2.05, 4.69) is 5.32 Å². The molecule has 0 fully saturated rings. The highest BCUT2D eigenvalue weighted by molar-refractivity contribution is 7.84. The summed E-state index contributed by atoms with van der Waals surface area (Å²) in [7, 11) is 4.04. The Labute approximate surface area is 123 Å². The number of nitrogens with one attached hydrogen (secondary N) is 1. The molecule has 1 rings (SSSR count). The molecule has 1 aromatic rings. The third kappa shape index (κ3) is 4.68. The number of benzene rings is 1. The van der Waals surface area contributed by atoms with Gasteiger partial charge in [0.25, 0.3) is 0 Å². The lowest BCUT2D eigenvalue weighted by molar-refractivity contribution is 0.323. The summed E-state index contributed by atoms with van der Waals surface area (Å²) in [5.74, 6) is 3.24. The molecule has 0 spiro atoms. The molecule has 0 saturated heterocycles. The van der Waals surface area contributed by atoms with Crippen LogP contribution in [0.25, 0.3) is 0 Å². The summed E-state index contributed by atoms with van der Waals surface area (Å²) in [4.78, 5) is 0. The summed E-state index contributed by atoms with van der Waals surface area (Å²) in [6, 6.07) is 3.82. The maximum absolute atomic E-state index is 11.3. The molecule has 0 amide bonds. The van der Waals surface area contributed by atoms with Crippen molar-refractivity contribution in [3.05, 3.63) is 17.7 Å².